The van der Waals surface area contributed by atoms with E-state index in [1.54, 1.807) is 5.07 Å². The molecule has 0 saturated heterocycles. The van der Waals surface area contributed by atoms with Crippen molar-refractivity contribution in [2.75, 3.05) is 0 Å². The first-order valence-corrected chi connectivity index (χ1v) is 4.83. The van der Waals surface area contributed by atoms with Crippen molar-refractivity contribution in [3.05, 3.63) is 10.8 Å². The van der Waals surface area contributed by atoms with E-state index in [1.807, 2.05) is 0 Å². The van der Waals surface area contributed by atoms with E-state index in [-0.39, 0.29) is 49.8 Å². The predicted molar refractivity (Wildman–Crippen MR) is 37.0 cm³/mol. The summed E-state index contributed by atoms with van der Waals surface area (Å²) in [5.74, 6) is -1.18. The maximum absolute atomic E-state index is 10.3. The molecule has 0 atom stereocenters. The number of aromatic nitrogens is 1. The number of carboxylic acids is 1. The topological polar surface area (TPSA) is 65.4 Å². The fourth-order valence-electron chi connectivity index (χ4n) is 0.914. The minimum Gasteiger partial charge on any atom is 1.00 e. The Hall–Kier alpha value is 0.0695. The molecule has 1 aromatic rings. The van der Waals surface area contributed by atoms with Crippen molar-refractivity contribution >= 4 is 30.7 Å². The molecule has 0 amide bonds. The van der Waals surface area contributed by atoms with E-state index in [4.69, 9.17) is 0 Å². The Labute approximate surface area is 96.8 Å². The van der Waals surface area contributed by atoms with Crippen molar-refractivity contribution in [1.82, 2.24) is 4.98 Å². The van der Waals surface area contributed by atoms with Gasteiger partial charge in [-0.25, -0.2) is 0 Å². The van der Waals surface area contributed by atoms with Gasteiger partial charge in [-0.15, -0.1) is 0 Å². The van der Waals surface area contributed by atoms with Crippen LogP contribution in [-0.4, -0.2) is 31.2 Å². The fraction of sp³-hybridized carbons (Fsp3) is 0.167. The van der Waals surface area contributed by atoms with Crippen molar-refractivity contribution < 1.29 is 39.5 Å². The largest absolute Gasteiger partial charge is 1.00 e. The fourth-order valence-corrected chi connectivity index (χ4v) is 2.39. The van der Waals surface area contributed by atoms with E-state index in [0.717, 1.165) is 10.3 Å². The number of hydrogen-bond donors (Lipinski definition) is 0. The average Bonchev–Trinajstić information content (AvgIpc) is 2.40. The molecule has 1 aliphatic rings. The van der Waals surface area contributed by atoms with Gasteiger partial charge in [0.15, 0.2) is 0 Å². The standard InChI is InChI=1S/C6H4N2O2Se.Na/c9-6(10)4-1-3-5(8-4)11-2-7-3;/h2H,1H2,(H,9,10);/q;+1/p-1. The van der Waals surface area contributed by atoms with Crippen LogP contribution >= 0.6 is 0 Å². The van der Waals surface area contributed by atoms with Gasteiger partial charge >= 0.3 is 97.4 Å². The monoisotopic (exact) mass is 238 g/mol. The number of carbonyl (C=O) groups excluding carboxylic acids is 1. The van der Waals surface area contributed by atoms with Crippen molar-refractivity contribution in [2.24, 2.45) is 4.99 Å². The number of aliphatic imine (C=N–C) groups is 1. The summed E-state index contributed by atoms with van der Waals surface area (Å²) in [6.45, 7) is 0. The number of nitrogens with zero attached hydrogens (tertiary/aromatic N) is 2. The number of fused-ring (bicyclic) bond motifs is 1. The third-order valence-electron chi connectivity index (χ3n) is 1.43. The second-order valence-corrected chi connectivity index (χ2v) is 3.88. The molecule has 4 nitrogen and oxygen atoms in total. The molecule has 0 spiro atoms. The minimum atomic E-state index is -1.18. The predicted octanol–water partition coefficient (Wildman–Crippen LogP) is -4.48. The third-order valence-corrected chi connectivity index (χ3v) is 3.02. The Bertz CT molecular complexity index is 347. The minimum absolute atomic E-state index is 0. The summed E-state index contributed by atoms with van der Waals surface area (Å²) >= 11 is 0.145. The van der Waals surface area contributed by atoms with Crippen LogP contribution in [0.5, 0.6) is 0 Å². The van der Waals surface area contributed by atoms with Crippen LogP contribution in [0.25, 0.3) is 0 Å². The van der Waals surface area contributed by atoms with Gasteiger partial charge in [-0.3, -0.25) is 0 Å². The SMILES string of the molecule is O=C([O-])C1=Nc2[se]cnc2C1.[Na+]. The smallest absolute Gasteiger partial charge is 1.00 e. The van der Waals surface area contributed by atoms with Crippen LogP contribution in [0.15, 0.2) is 10.1 Å². The van der Waals surface area contributed by atoms with Crippen LogP contribution in [0, 0.1) is 0 Å². The molecule has 0 aromatic carbocycles. The van der Waals surface area contributed by atoms with Crippen molar-refractivity contribution in [3.8, 4) is 0 Å². The van der Waals surface area contributed by atoms with Crippen LogP contribution in [0.4, 0.5) is 4.56 Å². The molecular formula is C6H3N2NaO2Se. The van der Waals surface area contributed by atoms with Gasteiger partial charge in [0.2, 0.25) is 0 Å². The van der Waals surface area contributed by atoms with E-state index in [1.165, 1.54) is 0 Å². The van der Waals surface area contributed by atoms with E-state index in [2.05, 4.69) is 9.98 Å². The van der Waals surface area contributed by atoms with Crippen molar-refractivity contribution in [3.63, 3.8) is 0 Å². The zero-order valence-electron chi connectivity index (χ0n) is 6.40. The third kappa shape index (κ3) is 1.70. The molecule has 12 heavy (non-hydrogen) atoms. The first kappa shape index (κ1) is 10.2. The summed E-state index contributed by atoms with van der Waals surface area (Å²) in [7, 11) is 0. The maximum Gasteiger partial charge on any atom is 1.00 e. The van der Waals surface area contributed by atoms with Crippen LogP contribution in [0.3, 0.4) is 0 Å². The second-order valence-electron chi connectivity index (χ2n) is 2.13. The summed E-state index contributed by atoms with van der Waals surface area (Å²) in [5.41, 5.74) is 0.929. The molecule has 0 fully saturated rings. The first-order chi connectivity index (χ1) is 5.27. The van der Waals surface area contributed by atoms with Gasteiger partial charge in [-0.1, -0.05) is 0 Å². The zero-order chi connectivity index (χ0) is 7.84. The molecular weight excluding hydrogens is 234 g/mol. The summed E-state index contributed by atoms with van der Waals surface area (Å²) in [6, 6.07) is 0. The summed E-state index contributed by atoms with van der Waals surface area (Å²) in [4.78, 5) is 18.2. The molecule has 0 saturated carbocycles. The van der Waals surface area contributed by atoms with Crippen LogP contribution in [-0.2, 0) is 11.2 Å². The number of carbonyl (C=O) groups is 1. The summed E-state index contributed by atoms with van der Waals surface area (Å²) in [5, 5.41) is 12.1. The van der Waals surface area contributed by atoms with Gasteiger partial charge in [-0.05, 0) is 0 Å². The van der Waals surface area contributed by atoms with Gasteiger partial charge in [-0.2, -0.15) is 0 Å². The van der Waals surface area contributed by atoms with E-state index in [9.17, 15) is 9.90 Å². The summed E-state index contributed by atoms with van der Waals surface area (Å²) in [6.07, 6.45) is 0.343. The van der Waals surface area contributed by atoms with E-state index < -0.39 is 5.97 Å². The van der Waals surface area contributed by atoms with Gasteiger partial charge < -0.3 is 0 Å². The Morgan fingerprint density at radius 3 is 3.00 bits per heavy atom. The van der Waals surface area contributed by atoms with Gasteiger partial charge in [0, 0.05) is 0 Å². The zero-order valence-corrected chi connectivity index (χ0v) is 10.1. The van der Waals surface area contributed by atoms with Gasteiger partial charge in [0.05, 0.1) is 0 Å². The Morgan fingerprint density at radius 2 is 2.42 bits per heavy atom. The molecule has 0 radical (unpaired) electrons. The van der Waals surface area contributed by atoms with Crippen LogP contribution in [0.2, 0.25) is 0 Å². The van der Waals surface area contributed by atoms with E-state index >= 15 is 0 Å². The molecule has 1 aromatic heterocycles. The normalized spacial score (nSPS) is 13.2. The number of carboxylic acid groups (broad SMARTS) is 1. The Morgan fingerprint density at radius 1 is 1.67 bits per heavy atom. The molecule has 2 rings (SSSR count). The molecule has 56 valence electrons. The number of rotatable bonds is 1. The number of hydrogen-bond acceptors (Lipinski definition) is 4. The van der Waals surface area contributed by atoms with Crippen LogP contribution < -0.4 is 34.7 Å². The first-order valence-electron chi connectivity index (χ1n) is 2.98. The van der Waals surface area contributed by atoms with Gasteiger partial charge in [0.25, 0.3) is 0 Å². The second kappa shape index (κ2) is 3.85. The molecule has 6 heteroatoms. The Kier molecular flexibility index (Phi) is 3.26. The molecule has 2 heterocycles. The molecule has 0 N–H and O–H groups in total. The number of aliphatic carboxylic acids is 1. The maximum atomic E-state index is 10.3. The van der Waals surface area contributed by atoms with Crippen molar-refractivity contribution in [1.29, 1.82) is 0 Å². The molecule has 1 aliphatic heterocycles. The Balaban J connectivity index is 0.000000720. The van der Waals surface area contributed by atoms with E-state index in [0.29, 0.717) is 6.42 Å². The average molecular weight is 237 g/mol. The molecule has 0 aliphatic carbocycles. The molecule has 0 bridgehead atoms. The summed E-state index contributed by atoms with van der Waals surface area (Å²) < 4.78 is 0.844. The van der Waals surface area contributed by atoms with Crippen LogP contribution in [0.1, 0.15) is 5.69 Å². The molecule has 0 unspecified atom stereocenters. The van der Waals surface area contributed by atoms with Crippen molar-refractivity contribution in [2.45, 2.75) is 6.42 Å². The van der Waals surface area contributed by atoms with Gasteiger partial charge in [0.1, 0.15) is 0 Å². The quantitative estimate of drug-likeness (QED) is 0.462.